The van der Waals surface area contributed by atoms with Crippen LogP contribution >= 0.6 is 11.3 Å². The third-order valence-electron chi connectivity index (χ3n) is 2.49. The number of hydrogen-bond donors (Lipinski definition) is 1. The van der Waals surface area contributed by atoms with E-state index >= 15 is 0 Å². The van der Waals surface area contributed by atoms with Crippen molar-refractivity contribution < 1.29 is 4.42 Å². The molecule has 2 heterocycles. The van der Waals surface area contributed by atoms with E-state index in [0.717, 1.165) is 23.5 Å². The van der Waals surface area contributed by atoms with E-state index in [1.807, 2.05) is 13.1 Å². The van der Waals surface area contributed by atoms with Crippen LogP contribution in [0.3, 0.4) is 0 Å². The maximum Gasteiger partial charge on any atom is 0.127 e. The summed E-state index contributed by atoms with van der Waals surface area (Å²) in [5.41, 5.74) is 2.29. The molecule has 2 aromatic rings. The van der Waals surface area contributed by atoms with Gasteiger partial charge in [-0.05, 0) is 25.5 Å². The molecular formula is C13H18N2OS. The molecule has 17 heavy (non-hydrogen) atoms. The maximum absolute atomic E-state index is 5.11. The van der Waals surface area contributed by atoms with Crippen molar-refractivity contribution in [2.45, 2.75) is 26.8 Å². The van der Waals surface area contributed by atoms with Crippen LogP contribution in [0.5, 0.6) is 0 Å². The van der Waals surface area contributed by atoms with Gasteiger partial charge in [-0.1, -0.05) is 13.8 Å². The number of nitrogens with zero attached hydrogens (tertiary/aromatic N) is 1. The van der Waals surface area contributed by atoms with Gasteiger partial charge in [-0.15, -0.1) is 11.3 Å². The predicted octanol–water partition coefficient (Wildman–Crippen LogP) is 3.32. The molecule has 0 aromatic carbocycles. The molecule has 0 aliphatic carbocycles. The van der Waals surface area contributed by atoms with Crippen LogP contribution in [0.15, 0.2) is 23.0 Å². The average molecular weight is 250 g/mol. The minimum Gasteiger partial charge on any atom is -0.472 e. The van der Waals surface area contributed by atoms with Crippen LogP contribution in [0.2, 0.25) is 0 Å². The number of thiazole rings is 1. The lowest BCUT2D eigenvalue weighted by molar-refractivity contribution is 0.568. The van der Waals surface area contributed by atoms with Crippen molar-refractivity contribution in [3.8, 4) is 10.6 Å². The monoisotopic (exact) mass is 250 g/mol. The molecule has 3 nitrogen and oxygen atoms in total. The van der Waals surface area contributed by atoms with Crippen molar-refractivity contribution in [2.24, 2.45) is 5.92 Å². The molecule has 0 aliphatic heterocycles. The van der Waals surface area contributed by atoms with E-state index in [2.05, 4.69) is 19.2 Å². The summed E-state index contributed by atoms with van der Waals surface area (Å²) in [7, 11) is 1.97. The highest BCUT2D eigenvalue weighted by atomic mass is 32.1. The summed E-state index contributed by atoms with van der Waals surface area (Å²) >= 11 is 1.75. The third kappa shape index (κ3) is 2.96. The Morgan fingerprint density at radius 1 is 1.47 bits per heavy atom. The first kappa shape index (κ1) is 12.3. The van der Waals surface area contributed by atoms with Gasteiger partial charge < -0.3 is 9.73 Å². The Morgan fingerprint density at radius 3 is 2.88 bits per heavy atom. The molecule has 2 rings (SSSR count). The van der Waals surface area contributed by atoms with E-state index in [0.29, 0.717) is 5.92 Å². The molecule has 92 valence electrons. The molecule has 1 N–H and O–H groups in total. The van der Waals surface area contributed by atoms with E-state index in [9.17, 15) is 0 Å². The third-order valence-corrected chi connectivity index (χ3v) is 3.63. The van der Waals surface area contributed by atoms with Crippen molar-refractivity contribution in [3.63, 3.8) is 0 Å². The zero-order valence-corrected chi connectivity index (χ0v) is 11.3. The Labute approximate surface area is 106 Å². The lowest BCUT2D eigenvalue weighted by Gasteiger charge is -2.03. The number of furan rings is 1. The molecule has 0 spiro atoms. The molecular weight excluding hydrogens is 232 g/mol. The van der Waals surface area contributed by atoms with Crippen LogP contribution in [-0.4, -0.2) is 12.0 Å². The van der Waals surface area contributed by atoms with Crippen LogP contribution in [0.25, 0.3) is 10.6 Å². The van der Waals surface area contributed by atoms with Gasteiger partial charge in [0.15, 0.2) is 0 Å². The first-order valence-corrected chi connectivity index (χ1v) is 6.68. The predicted molar refractivity (Wildman–Crippen MR) is 71.1 cm³/mol. The SMILES string of the molecule is CNCc1sc(-c2ccoc2)nc1CC(C)C. The van der Waals surface area contributed by atoms with Crippen LogP contribution in [-0.2, 0) is 13.0 Å². The molecule has 0 saturated carbocycles. The van der Waals surface area contributed by atoms with Crippen LogP contribution in [0.1, 0.15) is 24.4 Å². The fraction of sp³-hybridized carbons (Fsp3) is 0.462. The highest BCUT2D eigenvalue weighted by molar-refractivity contribution is 7.15. The summed E-state index contributed by atoms with van der Waals surface area (Å²) in [4.78, 5) is 6.06. The second-order valence-electron chi connectivity index (χ2n) is 4.53. The number of rotatable bonds is 5. The second-order valence-corrected chi connectivity index (χ2v) is 5.61. The molecule has 2 aromatic heterocycles. The molecule has 0 unspecified atom stereocenters. The molecule has 0 amide bonds. The summed E-state index contributed by atoms with van der Waals surface area (Å²) in [6.07, 6.45) is 4.48. The van der Waals surface area contributed by atoms with Gasteiger partial charge in [0, 0.05) is 17.0 Å². The highest BCUT2D eigenvalue weighted by Crippen LogP contribution is 2.29. The number of nitrogens with one attached hydrogen (secondary N) is 1. The van der Waals surface area contributed by atoms with E-state index in [-0.39, 0.29) is 0 Å². The zero-order valence-electron chi connectivity index (χ0n) is 10.5. The van der Waals surface area contributed by atoms with E-state index in [1.54, 1.807) is 23.9 Å². The smallest absolute Gasteiger partial charge is 0.127 e. The minimum atomic E-state index is 0.630. The van der Waals surface area contributed by atoms with Gasteiger partial charge in [-0.2, -0.15) is 0 Å². The van der Waals surface area contributed by atoms with Crippen molar-refractivity contribution in [1.29, 1.82) is 0 Å². The number of aromatic nitrogens is 1. The van der Waals surface area contributed by atoms with E-state index in [1.165, 1.54) is 10.6 Å². The number of hydrogen-bond acceptors (Lipinski definition) is 4. The highest BCUT2D eigenvalue weighted by Gasteiger charge is 2.13. The van der Waals surface area contributed by atoms with Gasteiger partial charge in [0.05, 0.1) is 12.0 Å². The Morgan fingerprint density at radius 2 is 2.29 bits per heavy atom. The van der Waals surface area contributed by atoms with Gasteiger partial charge in [-0.3, -0.25) is 0 Å². The first-order valence-electron chi connectivity index (χ1n) is 5.86. The Hall–Kier alpha value is -1.13. The van der Waals surface area contributed by atoms with Gasteiger partial charge in [0.1, 0.15) is 11.3 Å². The van der Waals surface area contributed by atoms with Crippen LogP contribution < -0.4 is 5.32 Å². The normalized spacial score (nSPS) is 11.3. The topological polar surface area (TPSA) is 38.1 Å². The fourth-order valence-corrected chi connectivity index (χ4v) is 2.82. The summed E-state index contributed by atoms with van der Waals surface area (Å²) in [5.74, 6) is 0.630. The lowest BCUT2D eigenvalue weighted by atomic mass is 10.1. The second kappa shape index (κ2) is 5.47. The average Bonchev–Trinajstić information content (AvgIpc) is 2.87. The molecule has 0 aliphatic rings. The van der Waals surface area contributed by atoms with Gasteiger partial charge >= 0.3 is 0 Å². The van der Waals surface area contributed by atoms with Gasteiger partial charge in [0.25, 0.3) is 0 Å². The summed E-state index contributed by atoms with van der Waals surface area (Å²) in [6.45, 7) is 5.33. The molecule has 0 saturated heterocycles. The van der Waals surface area contributed by atoms with E-state index in [4.69, 9.17) is 9.40 Å². The summed E-state index contributed by atoms with van der Waals surface area (Å²) < 4.78 is 5.11. The van der Waals surface area contributed by atoms with Crippen molar-refractivity contribution in [2.75, 3.05) is 7.05 Å². The quantitative estimate of drug-likeness (QED) is 0.884. The molecule has 4 heteroatoms. The first-order chi connectivity index (χ1) is 8.20. The zero-order chi connectivity index (χ0) is 12.3. The van der Waals surface area contributed by atoms with Crippen molar-refractivity contribution in [3.05, 3.63) is 29.2 Å². The Bertz CT molecular complexity index is 460. The van der Waals surface area contributed by atoms with Crippen molar-refractivity contribution >= 4 is 11.3 Å². The summed E-state index contributed by atoms with van der Waals surface area (Å²) in [5, 5.41) is 4.26. The molecule has 0 fully saturated rings. The maximum atomic E-state index is 5.11. The van der Waals surface area contributed by atoms with Crippen molar-refractivity contribution in [1.82, 2.24) is 10.3 Å². The molecule has 0 radical (unpaired) electrons. The lowest BCUT2D eigenvalue weighted by Crippen LogP contribution is -2.07. The largest absolute Gasteiger partial charge is 0.472 e. The summed E-state index contributed by atoms with van der Waals surface area (Å²) in [6, 6.07) is 1.96. The molecule has 0 atom stereocenters. The fourth-order valence-electron chi connectivity index (χ4n) is 1.74. The van der Waals surface area contributed by atoms with Crippen LogP contribution in [0.4, 0.5) is 0 Å². The Kier molecular flexibility index (Phi) is 3.97. The minimum absolute atomic E-state index is 0.630. The van der Waals surface area contributed by atoms with Crippen LogP contribution in [0, 0.1) is 5.92 Å². The molecule has 0 bridgehead atoms. The van der Waals surface area contributed by atoms with Gasteiger partial charge in [-0.25, -0.2) is 4.98 Å². The standard InChI is InChI=1S/C13H18N2OS/c1-9(2)6-11-12(7-14-3)17-13(15-11)10-4-5-16-8-10/h4-5,8-9,14H,6-7H2,1-3H3. The van der Waals surface area contributed by atoms with E-state index < -0.39 is 0 Å². The Balaban J connectivity index is 2.30. The van der Waals surface area contributed by atoms with Gasteiger partial charge in [0.2, 0.25) is 0 Å².